The molecule has 0 saturated heterocycles. The van der Waals surface area contributed by atoms with Crippen LogP contribution in [0.1, 0.15) is 10.6 Å². The maximum Gasteiger partial charge on any atom is 0.433 e. The highest BCUT2D eigenvalue weighted by molar-refractivity contribution is 7.99. The van der Waals surface area contributed by atoms with Gasteiger partial charge < -0.3 is 5.32 Å². The summed E-state index contributed by atoms with van der Waals surface area (Å²) >= 11 is 3.69. The van der Waals surface area contributed by atoms with Crippen LogP contribution in [0.15, 0.2) is 46.2 Å². The van der Waals surface area contributed by atoms with Crippen LogP contribution in [0, 0.1) is 0 Å². The number of carbonyl (C=O) groups excluding carboxylic acids is 1. The van der Waals surface area contributed by atoms with Gasteiger partial charge in [0, 0.05) is 4.88 Å². The lowest BCUT2D eigenvalue weighted by atomic mass is 10.3. The van der Waals surface area contributed by atoms with Crippen LogP contribution in [0.3, 0.4) is 0 Å². The number of halogens is 3. The second kappa shape index (κ2) is 8.19. The molecule has 0 atom stereocenters. The third-order valence-electron chi connectivity index (χ3n) is 3.14. The fourth-order valence-electron chi connectivity index (χ4n) is 1.97. The van der Waals surface area contributed by atoms with E-state index in [2.05, 4.69) is 15.3 Å². The summed E-state index contributed by atoms with van der Waals surface area (Å²) < 4.78 is 39.3. The van der Waals surface area contributed by atoms with E-state index in [-0.39, 0.29) is 22.5 Å². The molecule has 0 fully saturated rings. The molecular formula is C16H12F3N3OS3. The number of alkyl halides is 3. The normalized spacial score (nSPS) is 11.5. The van der Waals surface area contributed by atoms with Crippen molar-refractivity contribution in [3.8, 4) is 10.6 Å². The van der Waals surface area contributed by atoms with Crippen molar-refractivity contribution in [3.05, 3.63) is 51.7 Å². The smallest absolute Gasteiger partial charge is 0.350 e. The number of nitrogens with one attached hydrogen (secondary N) is 1. The molecule has 3 heterocycles. The lowest BCUT2D eigenvalue weighted by Gasteiger charge is -2.09. The Morgan fingerprint density at radius 2 is 1.92 bits per heavy atom. The van der Waals surface area contributed by atoms with Crippen LogP contribution in [0.5, 0.6) is 0 Å². The van der Waals surface area contributed by atoms with E-state index in [0.717, 1.165) is 22.7 Å². The lowest BCUT2D eigenvalue weighted by Crippen LogP contribution is -2.24. The summed E-state index contributed by atoms with van der Waals surface area (Å²) in [5.41, 5.74) is -0.818. The van der Waals surface area contributed by atoms with E-state index in [4.69, 9.17) is 0 Å². The topological polar surface area (TPSA) is 54.9 Å². The van der Waals surface area contributed by atoms with Crippen molar-refractivity contribution < 1.29 is 18.0 Å². The van der Waals surface area contributed by atoms with Crippen molar-refractivity contribution >= 4 is 40.3 Å². The van der Waals surface area contributed by atoms with E-state index in [1.54, 1.807) is 17.5 Å². The molecule has 0 aliphatic rings. The maximum absolute atomic E-state index is 13.1. The highest BCUT2D eigenvalue weighted by atomic mass is 32.2. The molecule has 0 saturated carbocycles. The molecule has 0 spiro atoms. The Kier molecular flexibility index (Phi) is 5.94. The minimum atomic E-state index is -4.58. The highest BCUT2D eigenvalue weighted by Crippen LogP contribution is 2.33. The molecule has 0 radical (unpaired) electrons. The molecule has 0 aliphatic heterocycles. The SMILES string of the molecule is O=C(CSc1nc(-c2cccs2)cc(C(F)(F)F)n1)NCc1cccs1. The van der Waals surface area contributed by atoms with Crippen molar-refractivity contribution in [1.82, 2.24) is 15.3 Å². The number of rotatable bonds is 6. The summed E-state index contributed by atoms with van der Waals surface area (Å²) in [6.07, 6.45) is -4.58. The molecule has 1 amide bonds. The molecule has 10 heteroatoms. The molecule has 0 bridgehead atoms. The van der Waals surface area contributed by atoms with Crippen molar-refractivity contribution in [1.29, 1.82) is 0 Å². The second-order valence-electron chi connectivity index (χ2n) is 5.04. The van der Waals surface area contributed by atoms with Gasteiger partial charge in [-0.3, -0.25) is 4.79 Å². The number of nitrogens with zero attached hydrogens (tertiary/aromatic N) is 2. The first-order valence-corrected chi connectivity index (χ1v) is 10.1. The third-order valence-corrected chi connectivity index (χ3v) is 5.76. The zero-order valence-corrected chi connectivity index (χ0v) is 15.6. The van der Waals surface area contributed by atoms with E-state index < -0.39 is 11.9 Å². The molecule has 136 valence electrons. The van der Waals surface area contributed by atoms with Crippen LogP contribution < -0.4 is 5.32 Å². The van der Waals surface area contributed by atoms with Crippen molar-refractivity contribution in [2.24, 2.45) is 0 Å². The maximum atomic E-state index is 13.1. The van der Waals surface area contributed by atoms with E-state index in [9.17, 15) is 18.0 Å². The Balaban J connectivity index is 1.70. The molecule has 0 aliphatic carbocycles. The molecule has 3 rings (SSSR count). The van der Waals surface area contributed by atoms with Gasteiger partial charge in [-0.2, -0.15) is 13.2 Å². The van der Waals surface area contributed by atoms with Crippen LogP contribution >= 0.6 is 34.4 Å². The zero-order chi connectivity index (χ0) is 18.6. The minimum Gasteiger partial charge on any atom is -0.350 e. The molecular weight excluding hydrogens is 403 g/mol. The number of hydrogen-bond acceptors (Lipinski definition) is 6. The minimum absolute atomic E-state index is 0.0590. The summed E-state index contributed by atoms with van der Waals surface area (Å²) in [6, 6.07) is 8.12. The molecule has 1 N–H and O–H groups in total. The van der Waals surface area contributed by atoms with Gasteiger partial charge in [0.15, 0.2) is 5.16 Å². The monoisotopic (exact) mass is 415 g/mol. The first-order chi connectivity index (χ1) is 12.4. The molecule has 3 aromatic rings. The number of hydrogen-bond donors (Lipinski definition) is 1. The molecule has 3 aromatic heterocycles. The fourth-order valence-corrected chi connectivity index (χ4v) is 3.98. The first kappa shape index (κ1) is 18.9. The number of amides is 1. The number of aromatic nitrogens is 2. The van der Waals surface area contributed by atoms with Crippen molar-refractivity contribution in [2.75, 3.05) is 5.75 Å². The van der Waals surface area contributed by atoms with E-state index >= 15 is 0 Å². The standard InChI is InChI=1S/C16H12F3N3OS3/c17-16(18,19)13-7-11(12-4-2-6-25-12)21-15(22-13)26-9-14(23)20-8-10-3-1-5-24-10/h1-7H,8-9H2,(H,20,23). The predicted octanol–water partition coefficient (Wildman–Crippen LogP) is 4.69. The van der Waals surface area contributed by atoms with Crippen LogP contribution in [-0.4, -0.2) is 21.6 Å². The Morgan fingerprint density at radius 1 is 1.15 bits per heavy atom. The van der Waals surface area contributed by atoms with Gasteiger partial charge in [0.1, 0.15) is 5.69 Å². The van der Waals surface area contributed by atoms with E-state index in [1.807, 2.05) is 17.5 Å². The van der Waals surface area contributed by atoms with Gasteiger partial charge in [-0.05, 0) is 29.0 Å². The van der Waals surface area contributed by atoms with Crippen molar-refractivity contribution in [3.63, 3.8) is 0 Å². The zero-order valence-electron chi connectivity index (χ0n) is 13.1. The van der Waals surface area contributed by atoms with Gasteiger partial charge in [0.05, 0.1) is 22.9 Å². The van der Waals surface area contributed by atoms with Gasteiger partial charge in [-0.15, -0.1) is 22.7 Å². The first-order valence-electron chi connectivity index (χ1n) is 7.34. The van der Waals surface area contributed by atoms with Gasteiger partial charge in [0.25, 0.3) is 0 Å². The van der Waals surface area contributed by atoms with Gasteiger partial charge in [-0.25, -0.2) is 9.97 Å². The van der Waals surface area contributed by atoms with Crippen LogP contribution in [0.25, 0.3) is 10.6 Å². The Morgan fingerprint density at radius 3 is 2.58 bits per heavy atom. The molecule has 4 nitrogen and oxygen atoms in total. The highest BCUT2D eigenvalue weighted by Gasteiger charge is 2.34. The van der Waals surface area contributed by atoms with Crippen molar-refractivity contribution in [2.45, 2.75) is 17.9 Å². The average Bonchev–Trinajstić information content (AvgIpc) is 3.30. The summed E-state index contributed by atoms with van der Waals surface area (Å²) in [6.45, 7) is 0.390. The predicted molar refractivity (Wildman–Crippen MR) is 97.2 cm³/mol. The average molecular weight is 415 g/mol. The fraction of sp³-hybridized carbons (Fsp3) is 0.188. The molecule has 0 unspecified atom stereocenters. The summed E-state index contributed by atoms with van der Waals surface area (Å²) in [4.78, 5) is 21.2. The van der Waals surface area contributed by atoms with Gasteiger partial charge in [0.2, 0.25) is 5.91 Å². The number of thiophene rings is 2. The lowest BCUT2D eigenvalue weighted by molar-refractivity contribution is -0.141. The Labute approximate surface area is 159 Å². The molecule has 0 aromatic carbocycles. The largest absolute Gasteiger partial charge is 0.433 e. The quantitative estimate of drug-likeness (QED) is 0.469. The van der Waals surface area contributed by atoms with Gasteiger partial charge >= 0.3 is 6.18 Å². The van der Waals surface area contributed by atoms with Crippen LogP contribution in [-0.2, 0) is 17.5 Å². The van der Waals surface area contributed by atoms with E-state index in [1.165, 1.54) is 22.7 Å². The number of thioether (sulfide) groups is 1. The summed E-state index contributed by atoms with van der Waals surface area (Å²) in [5, 5.41) is 6.30. The van der Waals surface area contributed by atoms with Gasteiger partial charge in [-0.1, -0.05) is 23.9 Å². The summed E-state index contributed by atoms with van der Waals surface area (Å²) in [5.74, 6) is -0.349. The Hall–Kier alpha value is -1.91. The number of carbonyl (C=O) groups is 1. The molecule has 26 heavy (non-hydrogen) atoms. The van der Waals surface area contributed by atoms with Crippen LogP contribution in [0.2, 0.25) is 0 Å². The Bertz CT molecular complexity index is 865. The summed E-state index contributed by atoms with van der Waals surface area (Å²) in [7, 11) is 0. The second-order valence-corrected chi connectivity index (χ2v) is 7.96. The van der Waals surface area contributed by atoms with Crippen LogP contribution in [0.4, 0.5) is 13.2 Å². The third kappa shape index (κ3) is 5.05. The van der Waals surface area contributed by atoms with E-state index in [0.29, 0.717) is 11.4 Å².